The number of carbonyl (C=O) groups excluding carboxylic acids is 1. The minimum Gasteiger partial charge on any atom is -0.399 e. The molecule has 0 heterocycles. The number of aliphatic imine (C=N–C) groups is 1. The molecule has 0 spiro atoms. The Hall–Kier alpha value is -4.03. The molecule has 0 aliphatic heterocycles. The summed E-state index contributed by atoms with van der Waals surface area (Å²) in [4.78, 5) is 17.2. The first kappa shape index (κ1) is 31.0. The van der Waals surface area contributed by atoms with E-state index >= 15 is 0 Å². The third-order valence-electron chi connectivity index (χ3n) is 5.17. The third kappa shape index (κ3) is 9.50. The standard InChI is InChI=1S/C25H29FN6O2.C3H8/c1-16(28)18-7-8-19(21(26)11-18)13-31-24(33)23(32-29)22(14-34-4)30-12-17-5-9-20(10-6-17)25(2,3)15-27;1-3-2/h5-11H,1,12-14,28-29H2,2-4H3,(H,31,33);3H2,1-2H3/b30-22?,32-23+;. The molecule has 37 heavy (non-hydrogen) atoms. The van der Waals surface area contributed by atoms with E-state index in [1.807, 2.05) is 38.1 Å². The summed E-state index contributed by atoms with van der Waals surface area (Å²) >= 11 is 0. The number of carbonyl (C=O) groups is 1. The molecule has 0 aliphatic rings. The lowest BCUT2D eigenvalue weighted by molar-refractivity contribution is -0.114. The summed E-state index contributed by atoms with van der Waals surface area (Å²) in [7, 11) is 1.46. The van der Waals surface area contributed by atoms with E-state index in [2.05, 4.69) is 41.9 Å². The third-order valence-corrected chi connectivity index (χ3v) is 5.17. The van der Waals surface area contributed by atoms with Gasteiger partial charge in [0.25, 0.3) is 5.91 Å². The zero-order chi connectivity index (χ0) is 28.0. The number of amides is 1. The number of nitriles is 1. The number of hydrogen-bond donors (Lipinski definition) is 3. The lowest BCUT2D eigenvalue weighted by Crippen LogP contribution is -2.38. The van der Waals surface area contributed by atoms with Gasteiger partial charge in [-0.1, -0.05) is 63.2 Å². The molecule has 0 saturated heterocycles. The van der Waals surface area contributed by atoms with Gasteiger partial charge >= 0.3 is 0 Å². The van der Waals surface area contributed by atoms with Crippen LogP contribution in [0.5, 0.6) is 0 Å². The van der Waals surface area contributed by atoms with Crippen LogP contribution in [-0.2, 0) is 28.0 Å². The van der Waals surface area contributed by atoms with Crippen molar-refractivity contribution in [1.82, 2.24) is 5.32 Å². The zero-order valence-corrected chi connectivity index (χ0v) is 22.3. The molecular weight excluding hydrogens is 471 g/mol. The van der Waals surface area contributed by atoms with Crippen molar-refractivity contribution < 1.29 is 13.9 Å². The van der Waals surface area contributed by atoms with E-state index in [4.69, 9.17) is 16.3 Å². The fourth-order valence-electron chi connectivity index (χ4n) is 3.02. The predicted octanol–water partition coefficient (Wildman–Crippen LogP) is 4.19. The second-order valence-corrected chi connectivity index (χ2v) is 8.83. The average Bonchev–Trinajstić information content (AvgIpc) is 2.87. The Bertz CT molecular complexity index is 1160. The largest absolute Gasteiger partial charge is 0.399 e. The van der Waals surface area contributed by atoms with Crippen molar-refractivity contribution in [1.29, 1.82) is 5.26 Å². The van der Waals surface area contributed by atoms with Gasteiger partial charge in [0.15, 0.2) is 5.71 Å². The summed E-state index contributed by atoms with van der Waals surface area (Å²) in [5.41, 5.74) is 7.85. The monoisotopic (exact) mass is 508 g/mol. The van der Waals surface area contributed by atoms with Gasteiger partial charge in [-0.3, -0.25) is 9.79 Å². The summed E-state index contributed by atoms with van der Waals surface area (Å²) in [6.07, 6.45) is 1.25. The van der Waals surface area contributed by atoms with Crippen LogP contribution in [-0.4, -0.2) is 31.0 Å². The van der Waals surface area contributed by atoms with Crippen LogP contribution < -0.4 is 16.9 Å². The highest BCUT2D eigenvalue weighted by atomic mass is 19.1. The number of rotatable bonds is 10. The predicted molar refractivity (Wildman–Crippen MR) is 147 cm³/mol. The van der Waals surface area contributed by atoms with Crippen LogP contribution >= 0.6 is 0 Å². The first-order chi connectivity index (χ1) is 17.5. The molecule has 0 unspecified atom stereocenters. The van der Waals surface area contributed by atoms with E-state index in [1.165, 1.54) is 25.7 Å². The molecule has 2 aromatic carbocycles. The van der Waals surface area contributed by atoms with Crippen molar-refractivity contribution in [2.24, 2.45) is 21.7 Å². The van der Waals surface area contributed by atoms with Crippen LogP contribution in [0.2, 0.25) is 0 Å². The molecule has 0 saturated carbocycles. The molecule has 5 N–H and O–H groups in total. The Morgan fingerprint density at radius 2 is 1.84 bits per heavy atom. The summed E-state index contributed by atoms with van der Waals surface area (Å²) in [6.45, 7) is 11.7. The number of ether oxygens (including phenoxy) is 1. The van der Waals surface area contributed by atoms with Crippen molar-refractivity contribution in [2.45, 2.75) is 52.6 Å². The average molecular weight is 509 g/mol. The topological polar surface area (TPSA) is 139 Å². The number of nitrogens with one attached hydrogen (secondary N) is 1. The molecule has 0 aliphatic carbocycles. The van der Waals surface area contributed by atoms with Gasteiger partial charge in [0.05, 0.1) is 30.3 Å². The molecule has 198 valence electrons. The zero-order valence-electron chi connectivity index (χ0n) is 22.3. The molecule has 0 atom stereocenters. The van der Waals surface area contributed by atoms with E-state index in [0.717, 1.165) is 11.1 Å². The second-order valence-electron chi connectivity index (χ2n) is 8.83. The maximum Gasteiger partial charge on any atom is 0.273 e. The molecule has 2 rings (SSSR count). The summed E-state index contributed by atoms with van der Waals surface area (Å²) < 4.78 is 19.4. The SMILES string of the molecule is C=C(N)c1ccc(CNC(=O)/C(=N/N)C(COC)=NCc2ccc(C(C)(C)C#N)cc2)c(F)c1.CCC. The maximum absolute atomic E-state index is 14.3. The Kier molecular flexibility index (Phi) is 12.7. The summed E-state index contributed by atoms with van der Waals surface area (Å²) in [5.74, 6) is 4.33. The minimum absolute atomic E-state index is 0.00463. The molecule has 0 bridgehead atoms. The minimum atomic E-state index is -0.615. The van der Waals surface area contributed by atoms with Gasteiger partial charge in [-0.25, -0.2) is 4.39 Å². The molecule has 1 amide bonds. The Morgan fingerprint density at radius 3 is 2.32 bits per heavy atom. The highest BCUT2D eigenvalue weighted by Gasteiger charge is 2.20. The number of benzene rings is 2. The number of hydrogen-bond acceptors (Lipinski definition) is 7. The van der Waals surface area contributed by atoms with Crippen LogP contribution in [0.25, 0.3) is 5.70 Å². The molecule has 8 nitrogen and oxygen atoms in total. The normalized spacial score (nSPS) is 11.7. The van der Waals surface area contributed by atoms with Gasteiger partial charge in [0, 0.05) is 24.9 Å². The summed E-state index contributed by atoms with van der Waals surface area (Å²) in [5, 5.41) is 15.5. The number of halogens is 1. The van der Waals surface area contributed by atoms with Crippen molar-refractivity contribution in [3.63, 3.8) is 0 Å². The van der Waals surface area contributed by atoms with Crippen LogP contribution in [0.1, 0.15) is 56.4 Å². The number of nitrogens with zero attached hydrogens (tertiary/aromatic N) is 3. The van der Waals surface area contributed by atoms with Gasteiger partial charge in [0.2, 0.25) is 0 Å². The van der Waals surface area contributed by atoms with E-state index in [9.17, 15) is 14.4 Å². The van der Waals surface area contributed by atoms with Gasteiger partial charge in [0.1, 0.15) is 5.82 Å². The quantitative estimate of drug-likeness (QED) is 0.251. The fourth-order valence-corrected chi connectivity index (χ4v) is 3.02. The van der Waals surface area contributed by atoms with Crippen molar-refractivity contribution in [3.8, 4) is 6.07 Å². The van der Waals surface area contributed by atoms with Gasteiger partial charge < -0.3 is 21.6 Å². The van der Waals surface area contributed by atoms with Gasteiger partial charge in [-0.2, -0.15) is 10.4 Å². The van der Waals surface area contributed by atoms with E-state index in [1.54, 1.807) is 6.07 Å². The van der Waals surface area contributed by atoms with Crippen LogP contribution in [0.3, 0.4) is 0 Å². The summed E-state index contributed by atoms with van der Waals surface area (Å²) in [6, 6.07) is 14.1. The van der Waals surface area contributed by atoms with E-state index in [0.29, 0.717) is 5.56 Å². The van der Waals surface area contributed by atoms with Gasteiger partial charge in [-0.15, -0.1) is 0 Å². The van der Waals surface area contributed by atoms with E-state index < -0.39 is 17.1 Å². The Morgan fingerprint density at radius 1 is 1.22 bits per heavy atom. The van der Waals surface area contributed by atoms with Crippen molar-refractivity contribution >= 4 is 23.0 Å². The van der Waals surface area contributed by atoms with Gasteiger partial charge in [-0.05, 0) is 36.6 Å². The Labute approximate surface area is 218 Å². The molecule has 9 heteroatoms. The number of nitrogens with two attached hydrogens (primary N) is 2. The smallest absolute Gasteiger partial charge is 0.273 e. The fraction of sp³-hybridized carbons (Fsp3) is 0.357. The highest BCUT2D eigenvalue weighted by molar-refractivity contribution is 6.67. The van der Waals surface area contributed by atoms with Crippen LogP contribution in [0.15, 0.2) is 59.1 Å². The Balaban J connectivity index is 0.00000217. The van der Waals surface area contributed by atoms with Crippen LogP contribution in [0, 0.1) is 17.1 Å². The molecular formula is C28H37FN6O2. The lowest BCUT2D eigenvalue weighted by Gasteiger charge is -2.15. The first-order valence-electron chi connectivity index (χ1n) is 11.9. The molecule has 2 aromatic rings. The second kappa shape index (κ2) is 15.2. The van der Waals surface area contributed by atoms with Crippen LogP contribution in [0.4, 0.5) is 4.39 Å². The highest BCUT2D eigenvalue weighted by Crippen LogP contribution is 2.22. The number of hydrazone groups is 1. The lowest BCUT2D eigenvalue weighted by atomic mass is 9.86. The van der Waals surface area contributed by atoms with Crippen molar-refractivity contribution in [3.05, 3.63) is 77.1 Å². The molecule has 0 radical (unpaired) electrons. The number of methoxy groups -OCH3 is 1. The molecule has 0 aromatic heterocycles. The van der Waals surface area contributed by atoms with Crippen molar-refractivity contribution in [2.75, 3.05) is 13.7 Å². The molecule has 0 fully saturated rings. The first-order valence-corrected chi connectivity index (χ1v) is 11.9. The maximum atomic E-state index is 14.3. The van der Waals surface area contributed by atoms with E-state index in [-0.39, 0.29) is 42.4 Å².